The molecule has 0 saturated carbocycles. The molecule has 3 aromatic rings. The second-order valence-corrected chi connectivity index (χ2v) is 7.54. The second kappa shape index (κ2) is 7.47. The quantitative estimate of drug-likeness (QED) is 0.722. The van der Waals surface area contributed by atoms with Gasteiger partial charge in [-0.1, -0.05) is 11.3 Å². The Morgan fingerprint density at radius 1 is 1.27 bits per heavy atom. The lowest BCUT2D eigenvalue weighted by Crippen LogP contribution is -2.32. The number of carbonyl (C=O) groups excluding carboxylic acids is 1. The van der Waals surface area contributed by atoms with E-state index in [-0.39, 0.29) is 11.7 Å². The van der Waals surface area contributed by atoms with Crippen molar-refractivity contribution in [3.63, 3.8) is 0 Å². The Morgan fingerprint density at radius 3 is 2.88 bits per heavy atom. The summed E-state index contributed by atoms with van der Waals surface area (Å²) in [6.45, 7) is 1.85. The maximum atomic E-state index is 12.5. The van der Waals surface area contributed by atoms with Gasteiger partial charge < -0.3 is 10.6 Å². The highest BCUT2D eigenvalue weighted by atomic mass is 32.1. The number of ketones is 1. The zero-order chi connectivity index (χ0) is 17.9. The van der Waals surface area contributed by atoms with Crippen molar-refractivity contribution in [3.05, 3.63) is 36.3 Å². The van der Waals surface area contributed by atoms with E-state index in [9.17, 15) is 4.79 Å². The average Bonchev–Trinajstić information content (AvgIpc) is 3.17. The molecule has 0 spiro atoms. The third-order valence-electron chi connectivity index (χ3n) is 4.75. The lowest BCUT2D eigenvalue weighted by Gasteiger charge is -2.21. The van der Waals surface area contributed by atoms with E-state index in [0.29, 0.717) is 6.42 Å². The van der Waals surface area contributed by atoms with Gasteiger partial charge in [0, 0.05) is 42.9 Å². The number of nitrogens with one attached hydrogen (secondary N) is 2. The first-order chi connectivity index (χ1) is 12.7. The Labute approximate surface area is 156 Å². The number of fused-ring (bicyclic) bond motifs is 1. The molecular formula is C19H21N5OS. The predicted octanol–water partition coefficient (Wildman–Crippen LogP) is 2.91. The SMILES string of the molecule is CNc1ncc(-c2ccc3cnc(CC(=O)C4CCNCC4)cc3n2)s1. The first-order valence-electron chi connectivity index (χ1n) is 8.86. The summed E-state index contributed by atoms with van der Waals surface area (Å²) in [5.74, 6) is 0.445. The van der Waals surface area contributed by atoms with Crippen LogP contribution in [0.3, 0.4) is 0 Å². The van der Waals surface area contributed by atoms with Gasteiger partial charge in [0.1, 0.15) is 5.78 Å². The lowest BCUT2D eigenvalue weighted by atomic mass is 9.91. The fourth-order valence-electron chi connectivity index (χ4n) is 3.27. The number of Topliss-reactive ketones (excluding diaryl/α,β-unsaturated/α-hetero) is 1. The molecule has 134 valence electrons. The molecule has 0 unspecified atom stereocenters. The number of hydrogen-bond donors (Lipinski definition) is 2. The van der Waals surface area contributed by atoms with Crippen molar-refractivity contribution in [2.75, 3.05) is 25.5 Å². The van der Waals surface area contributed by atoms with E-state index in [4.69, 9.17) is 4.98 Å². The van der Waals surface area contributed by atoms with E-state index >= 15 is 0 Å². The van der Waals surface area contributed by atoms with Crippen molar-refractivity contribution in [2.45, 2.75) is 19.3 Å². The topological polar surface area (TPSA) is 79.8 Å². The van der Waals surface area contributed by atoms with Crippen LogP contribution in [-0.4, -0.2) is 40.9 Å². The number of hydrogen-bond acceptors (Lipinski definition) is 7. The Kier molecular flexibility index (Phi) is 4.90. The van der Waals surface area contributed by atoms with Gasteiger partial charge in [-0.2, -0.15) is 0 Å². The van der Waals surface area contributed by atoms with Crippen LogP contribution in [0.1, 0.15) is 18.5 Å². The van der Waals surface area contributed by atoms with Crippen LogP contribution >= 0.6 is 11.3 Å². The Morgan fingerprint density at radius 2 is 2.12 bits per heavy atom. The molecule has 3 aromatic heterocycles. The van der Waals surface area contributed by atoms with Gasteiger partial charge in [0.2, 0.25) is 0 Å². The monoisotopic (exact) mass is 367 g/mol. The minimum absolute atomic E-state index is 0.158. The molecule has 0 atom stereocenters. The molecule has 0 aliphatic carbocycles. The number of rotatable bonds is 5. The lowest BCUT2D eigenvalue weighted by molar-refractivity contribution is -0.123. The van der Waals surface area contributed by atoms with Gasteiger partial charge in [0.15, 0.2) is 5.13 Å². The molecule has 0 radical (unpaired) electrons. The fraction of sp³-hybridized carbons (Fsp3) is 0.368. The molecule has 1 aliphatic heterocycles. The van der Waals surface area contributed by atoms with Crippen LogP contribution in [0.2, 0.25) is 0 Å². The molecule has 7 heteroatoms. The van der Waals surface area contributed by atoms with E-state index in [2.05, 4.69) is 20.6 Å². The van der Waals surface area contributed by atoms with Gasteiger partial charge in [0.05, 0.1) is 16.1 Å². The van der Waals surface area contributed by atoms with Crippen molar-refractivity contribution in [1.29, 1.82) is 0 Å². The van der Waals surface area contributed by atoms with Crippen LogP contribution in [0, 0.1) is 5.92 Å². The van der Waals surface area contributed by atoms with Gasteiger partial charge in [-0.05, 0) is 44.1 Å². The molecular weight excluding hydrogens is 346 g/mol. The fourth-order valence-corrected chi connectivity index (χ4v) is 4.01. The van der Waals surface area contributed by atoms with Crippen molar-refractivity contribution in [1.82, 2.24) is 20.3 Å². The molecule has 0 bridgehead atoms. The summed E-state index contributed by atoms with van der Waals surface area (Å²) < 4.78 is 0. The third-order valence-corrected chi connectivity index (χ3v) is 5.79. The molecule has 1 fully saturated rings. The highest BCUT2D eigenvalue weighted by Crippen LogP contribution is 2.28. The second-order valence-electron chi connectivity index (χ2n) is 6.51. The van der Waals surface area contributed by atoms with E-state index in [1.807, 2.05) is 37.6 Å². The molecule has 1 saturated heterocycles. The van der Waals surface area contributed by atoms with Crippen LogP contribution in [0.25, 0.3) is 21.5 Å². The average molecular weight is 367 g/mol. The number of piperidine rings is 1. The van der Waals surface area contributed by atoms with Crippen molar-refractivity contribution in [2.24, 2.45) is 5.92 Å². The summed E-state index contributed by atoms with van der Waals surface area (Å²) in [5, 5.41) is 8.19. The summed E-state index contributed by atoms with van der Waals surface area (Å²) in [7, 11) is 1.85. The number of thiazole rings is 1. The smallest absolute Gasteiger partial charge is 0.182 e. The normalized spacial score (nSPS) is 15.3. The molecule has 2 N–H and O–H groups in total. The van der Waals surface area contributed by atoms with Crippen LogP contribution in [0.5, 0.6) is 0 Å². The number of carbonyl (C=O) groups is 1. The number of anilines is 1. The number of aromatic nitrogens is 3. The Hall–Kier alpha value is -2.38. The summed E-state index contributed by atoms with van der Waals surface area (Å²) in [6.07, 6.45) is 5.87. The number of pyridine rings is 2. The van der Waals surface area contributed by atoms with Gasteiger partial charge in [-0.3, -0.25) is 9.78 Å². The minimum atomic E-state index is 0.158. The van der Waals surface area contributed by atoms with Crippen LogP contribution < -0.4 is 10.6 Å². The van der Waals surface area contributed by atoms with Crippen molar-refractivity contribution in [3.8, 4) is 10.6 Å². The zero-order valence-electron chi connectivity index (χ0n) is 14.7. The molecule has 0 aromatic carbocycles. The first-order valence-corrected chi connectivity index (χ1v) is 9.67. The zero-order valence-corrected chi connectivity index (χ0v) is 15.5. The molecule has 4 rings (SSSR count). The standard InChI is InChI=1S/C19H21N5OS/c1-20-19-23-11-18(26-19)15-3-2-13-10-22-14(8-16(13)24-15)9-17(25)12-4-6-21-7-5-12/h2-3,8,10-12,21H,4-7,9H2,1H3,(H,20,23). The first kappa shape index (κ1) is 17.1. The Bertz CT molecular complexity index is 933. The van der Waals surface area contributed by atoms with Crippen molar-refractivity contribution >= 4 is 33.2 Å². The predicted molar refractivity (Wildman–Crippen MR) is 104 cm³/mol. The highest BCUT2D eigenvalue weighted by molar-refractivity contribution is 7.18. The maximum Gasteiger partial charge on any atom is 0.182 e. The van der Waals surface area contributed by atoms with Crippen LogP contribution in [0.15, 0.2) is 30.6 Å². The summed E-state index contributed by atoms with van der Waals surface area (Å²) >= 11 is 1.57. The third kappa shape index (κ3) is 3.59. The number of nitrogens with zero attached hydrogens (tertiary/aromatic N) is 3. The minimum Gasteiger partial charge on any atom is -0.365 e. The molecule has 1 aliphatic rings. The van der Waals surface area contributed by atoms with E-state index in [1.54, 1.807) is 11.3 Å². The summed E-state index contributed by atoms with van der Waals surface area (Å²) in [5.41, 5.74) is 2.55. The Balaban J connectivity index is 1.58. The van der Waals surface area contributed by atoms with Gasteiger partial charge in [-0.15, -0.1) is 0 Å². The van der Waals surface area contributed by atoms with Gasteiger partial charge in [-0.25, -0.2) is 9.97 Å². The van der Waals surface area contributed by atoms with Crippen LogP contribution in [-0.2, 0) is 11.2 Å². The highest BCUT2D eigenvalue weighted by Gasteiger charge is 2.21. The molecule has 26 heavy (non-hydrogen) atoms. The van der Waals surface area contributed by atoms with Crippen LogP contribution in [0.4, 0.5) is 5.13 Å². The van der Waals surface area contributed by atoms with E-state index < -0.39 is 0 Å². The van der Waals surface area contributed by atoms with Crippen molar-refractivity contribution < 1.29 is 4.79 Å². The molecule has 4 heterocycles. The summed E-state index contributed by atoms with van der Waals surface area (Å²) in [4.78, 5) is 27.1. The van der Waals surface area contributed by atoms with Gasteiger partial charge in [0.25, 0.3) is 0 Å². The molecule has 0 amide bonds. The largest absolute Gasteiger partial charge is 0.365 e. The summed E-state index contributed by atoms with van der Waals surface area (Å²) in [6, 6.07) is 5.94. The van der Waals surface area contributed by atoms with E-state index in [0.717, 1.165) is 58.2 Å². The van der Waals surface area contributed by atoms with E-state index in [1.165, 1.54) is 0 Å². The maximum absolute atomic E-state index is 12.5. The van der Waals surface area contributed by atoms with Gasteiger partial charge >= 0.3 is 0 Å². The molecule has 6 nitrogen and oxygen atoms in total.